The van der Waals surface area contributed by atoms with Crippen LogP contribution in [-0.4, -0.2) is 18.3 Å². The molecule has 2 nitrogen and oxygen atoms in total. The topological polar surface area (TPSA) is 29.5 Å². The summed E-state index contributed by atoms with van der Waals surface area (Å²) >= 11 is 0. The molecule has 2 heteroatoms. The molecule has 2 aromatic rings. The Balaban J connectivity index is 2.23. The van der Waals surface area contributed by atoms with E-state index in [1.807, 2.05) is 37.3 Å². The summed E-state index contributed by atoms with van der Waals surface area (Å²) in [5, 5.41) is 11.2. The fourth-order valence-corrected chi connectivity index (χ4v) is 1.61. The predicted octanol–water partition coefficient (Wildman–Crippen LogP) is 2.85. The molecule has 0 radical (unpaired) electrons. The first-order valence-corrected chi connectivity index (χ1v) is 5.52. The minimum absolute atomic E-state index is 0.158. The summed E-state index contributed by atoms with van der Waals surface area (Å²) in [5.41, 5.74) is 0. The van der Waals surface area contributed by atoms with Crippen molar-refractivity contribution in [3.63, 3.8) is 0 Å². The quantitative estimate of drug-likeness (QED) is 0.851. The molecule has 0 aliphatic heterocycles. The van der Waals surface area contributed by atoms with Crippen molar-refractivity contribution in [3.05, 3.63) is 42.5 Å². The van der Waals surface area contributed by atoms with E-state index in [-0.39, 0.29) is 12.5 Å². The molecule has 0 spiro atoms. The molecule has 0 aromatic heterocycles. The molecular weight excluding hydrogens is 200 g/mol. The van der Waals surface area contributed by atoms with Crippen LogP contribution in [0, 0.1) is 5.92 Å². The lowest BCUT2D eigenvalue weighted by Gasteiger charge is -2.12. The van der Waals surface area contributed by atoms with Gasteiger partial charge in [0.15, 0.2) is 0 Å². The van der Waals surface area contributed by atoms with E-state index in [4.69, 9.17) is 9.84 Å². The number of aliphatic hydroxyl groups excluding tert-OH is 1. The summed E-state index contributed by atoms with van der Waals surface area (Å²) in [6.07, 6.45) is 0. The first-order chi connectivity index (χ1) is 7.81. The second kappa shape index (κ2) is 4.99. The van der Waals surface area contributed by atoms with Crippen molar-refractivity contribution < 1.29 is 9.84 Å². The smallest absolute Gasteiger partial charge is 0.127 e. The van der Waals surface area contributed by atoms with Crippen molar-refractivity contribution in [2.24, 2.45) is 5.92 Å². The zero-order valence-electron chi connectivity index (χ0n) is 9.39. The maximum Gasteiger partial charge on any atom is 0.127 e. The molecule has 0 saturated heterocycles. The van der Waals surface area contributed by atoms with Gasteiger partial charge in [-0.15, -0.1) is 0 Å². The standard InChI is InChI=1S/C14H16O2/c1-11(9-15)10-16-14-8-4-6-12-5-2-3-7-13(12)14/h2-8,11,15H,9-10H2,1H3/t11-/m1/s1. The second-order valence-corrected chi connectivity index (χ2v) is 4.08. The normalized spacial score (nSPS) is 12.6. The van der Waals surface area contributed by atoms with E-state index < -0.39 is 0 Å². The monoisotopic (exact) mass is 216 g/mol. The van der Waals surface area contributed by atoms with E-state index in [0.29, 0.717) is 6.61 Å². The summed E-state index contributed by atoms with van der Waals surface area (Å²) in [5.74, 6) is 1.05. The molecular formula is C14H16O2. The SMILES string of the molecule is C[C@H](CO)COc1cccc2ccccc12. The minimum atomic E-state index is 0.158. The Morgan fingerprint density at radius 2 is 1.88 bits per heavy atom. The third-order valence-corrected chi connectivity index (χ3v) is 2.58. The highest BCUT2D eigenvalue weighted by Gasteiger charge is 2.04. The maximum atomic E-state index is 8.95. The van der Waals surface area contributed by atoms with Crippen molar-refractivity contribution in [3.8, 4) is 5.75 Å². The number of fused-ring (bicyclic) bond motifs is 1. The van der Waals surface area contributed by atoms with Crippen LogP contribution in [0.5, 0.6) is 5.75 Å². The van der Waals surface area contributed by atoms with Crippen LogP contribution in [0.3, 0.4) is 0 Å². The van der Waals surface area contributed by atoms with E-state index in [2.05, 4.69) is 12.1 Å². The van der Waals surface area contributed by atoms with E-state index in [9.17, 15) is 0 Å². The van der Waals surface area contributed by atoms with Gasteiger partial charge in [0.2, 0.25) is 0 Å². The predicted molar refractivity (Wildman–Crippen MR) is 65.7 cm³/mol. The van der Waals surface area contributed by atoms with Gasteiger partial charge in [0.25, 0.3) is 0 Å². The third kappa shape index (κ3) is 2.34. The number of rotatable bonds is 4. The van der Waals surface area contributed by atoms with Crippen LogP contribution in [0.25, 0.3) is 10.8 Å². The third-order valence-electron chi connectivity index (χ3n) is 2.58. The molecule has 0 heterocycles. The van der Waals surface area contributed by atoms with Crippen molar-refractivity contribution in [1.82, 2.24) is 0 Å². The van der Waals surface area contributed by atoms with Gasteiger partial charge in [-0.3, -0.25) is 0 Å². The lowest BCUT2D eigenvalue weighted by atomic mass is 10.1. The van der Waals surface area contributed by atoms with Crippen LogP contribution in [-0.2, 0) is 0 Å². The molecule has 16 heavy (non-hydrogen) atoms. The highest BCUT2D eigenvalue weighted by atomic mass is 16.5. The van der Waals surface area contributed by atoms with E-state index in [1.165, 1.54) is 5.39 Å². The molecule has 84 valence electrons. The van der Waals surface area contributed by atoms with Crippen LogP contribution < -0.4 is 4.74 Å². The van der Waals surface area contributed by atoms with Gasteiger partial charge in [-0.1, -0.05) is 43.3 Å². The highest BCUT2D eigenvalue weighted by Crippen LogP contribution is 2.25. The fourth-order valence-electron chi connectivity index (χ4n) is 1.61. The van der Waals surface area contributed by atoms with Gasteiger partial charge in [0, 0.05) is 17.9 Å². The van der Waals surface area contributed by atoms with Crippen LogP contribution >= 0.6 is 0 Å². The fraction of sp³-hybridized carbons (Fsp3) is 0.286. The van der Waals surface area contributed by atoms with Crippen LogP contribution in [0.15, 0.2) is 42.5 Å². The Bertz CT molecular complexity index is 460. The number of benzene rings is 2. The van der Waals surface area contributed by atoms with Crippen LogP contribution in [0.4, 0.5) is 0 Å². The average molecular weight is 216 g/mol. The summed E-state index contributed by atoms with van der Waals surface area (Å²) < 4.78 is 5.71. The molecule has 2 aromatic carbocycles. The van der Waals surface area contributed by atoms with Crippen molar-refractivity contribution in [2.75, 3.05) is 13.2 Å². The number of hydrogen-bond acceptors (Lipinski definition) is 2. The summed E-state index contributed by atoms with van der Waals surface area (Å²) in [7, 11) is 0. The Morgan fingerprint density at radius 1 is 1.12 bits per heavy atom. The second-order valence-electron chi connectivity index (χ2n) is 4.08. The lowest BCUT2D eigenvalue weighted by molar-refractivity contribution is 0.175. The highest BCUT2D eigenvalue weighted by molar-refractivity contribution is 5.88. The van der Waals surface area contributed by atoms with Crippen molar-refractivity contribution in [1.29, 1.82) is 0 Å². The van der Waals surface area contributed by atoms with Gasteiger partial charge in [0.05, 0.1) is 6.61 Å². The Morgan fingerprint density at radius 3 is 2.69 bits per heavy atom. The molecule has 0 unspecified atom stereocenters. The summed E-state index contributed by atoms with van der Waals surface area (Å²) in [4.78, 5) is 0. The van der Waals surface area contributed by atoms with E-state index in [1.54, 1.807) is 0 Å². The summed E-state index contributed by atoms with van der Waals surface area (Å²) in [6.45, 7) is 2.67. The van der Waals surface area contributed by atoms with E-state index >= 15 is 0 Å². The van der Waals surface area contributed by atoms with Gasteiger partial charge < -0.3 is 9.84 Å². The maximum absolute atomic E-state index is 8.95. The van der Waals surface area contributed by atoms with Gasteiger partial charge >= 0.3 is 0 Å². The lowest BCUT2D eigenvalue weighted by Crippen LogP contribution is -2.12. The molecule has 0 fully saturated rings. The Kier molecular flexibility index (Phi) is 3.42. The molecule has 0 aliphatic rings. The van der Waals surface area contributed by atoms with Crippen molar-refractivity contribution >= 4 is 10.8 Å². The van der Waals surface area contributed by atoms with Gasteiger partial charge in [-0.05, 0) is 11.5 Å². The number of ether oxygens (including phenoxy) is 1. The molecule has 0 bridgehead atoms. The Labute approximate surface area is 95.5 Å². The molecule has 0 aliphatic carbocycles. The Hall–Kier alpha value is -1.54. The number of hydrogen-bond donors (Lipinski definition) is 1. The largest absolute Gasteiger partial charge is 0.493 e. The van der Waals surface area contributed by atoms with Crippen LogP contribution in [0.1, 0.15) is 6.92 Å². The summed E-state index contributed by atoms with van der Waals surface area (Å²) in [6, 6.07) is 14.2. The zero-order chi connectivity index (χ0) is 11.4. The first kappa shape index (κ1) is 11.0. The average Bonchev–Trinajstić information content (AvgIpc) is 2.35. The molecule has 1 N–H and O–H groups in total. The van der Waals surface area contributed by atoms with Crippen LogP contribution in [0.2, 0.25) is 0 Å². The first-order valence-electron chi connectivity index (χ1n) is 5.52. The van der Waals surface area contributed by atoms with E-state index in [0.717, 1.165) is 11.1 Å². The van der Waals surface area contributed by atoms with Gasteiger partial charge in [-0.2, -0.15) is 0 Å². The number of aliphatic hydroxyl groups is 1. The zero-order valence-corrected chi connectivity index (χ0v) is 9.39. The molecule has 2 rings (SSSR count). The molecule has 0 saturated carbocycles. The van der Waals surface area contributed by atoms with Gasteiger partial charge in [0.1, 0.15) is 5.75 Å². The molecule has 1 atom stereocenters. The van der Waals surface area contributed by atoms with Gasteiger partial charge in [-0.25, -0.2) is 0 Å². The van der Waals surface area contributed by atoms with Crippen molar-refractivity contribution in [2.45, 2.75) is 6.92 Å². The molecule has 0 amide bonds. The minimum Gasteiger partial charge on any atom is -0.493 e.